The van der Waals surface area contributed by atoms with E-state index >= 15 is 0 Å². The number of nitrogens with one attached hydrogen (secondary N) is 1. The second kappa shape index (κ2) is 7.38. The molecular formula is C14H17ClN2O4. The van der Waals surface area contributed by atoms with Crippen LogP contribution < -0.4 is 5.32 Å². The molecule has 7 heteroatoms. The fraction of sp³-hybridized carbons (Fsp3) is 0.500. The summed E-state index contributed by atoms with van der Waals surface area (Å²) < 4.78 is 5.45. The van der Waals surface area contributed by atoms with Crippen molar-refractivity contribution in [1.82, 2.24) is 5.32 Å². The molecule has 2 rings (SSSR count). The lowest BCUT2D eigenvalue weighted by Crippen LogP contribution is -2.26. The zero-order chi connectivity index (χ0) is 15.2. The monoisotopic (exact) mass is 312 g/mol. The van der Waals surface area contributed by atoms with E-state index in [0.717, 1.165) is 6.61 Å². The third-order valence-corrected chi connectivity index (χ3v) is 3.44. The number of halogens is 1. The Morgan fingerprint density at radius 2 is 2.24 bits per heavy atom. The van der Waals surface area contributed by atoms with Gasteiger partial charge in [0.1, 0.15) is 5.56 Å². The van der Waals surface area contributed by atoms with Crippen LogP contribution >= 0.6 is 11.6 Å². The van der Waals surface area contributed by atoms with E-state index in [1.807, 2.05) is 0 Å². The van der Waals surface area contributed by atoms with Crippen LogP contribution in [0.15, 0.2) is 18.2 Å². The Balaban J connectivity index is 1.79. The topological polar surface area (TPSA) is 81.5 Å². The van der Waals surface area contributed by atoms with Gasteiger partial charge in [0.05, 0.1) is 4.92 Å². The molecule has 6 nitrogen and oxygen atoms in total. The highest BCUT2D eigenvalue weighted by Gasteiger charge is 2.21. The largest absolute Gasteiger partial charge is 0.381 e. The SMILES string of the molecule is O=C(NCCCOCC1CC1)c1cc(Cl)ccc1[N+](=O)[O-]. The molecule has 0 atom stereocenters. The van der Waals surface area contributed by atoms with Gasteiger partial charge in [-0.1, -0.05) is 11.6 Å². The zero-order valence-corrected chi connectivity index (χ0v) is 12.3. The van der Waals surface area contributed by atoms with Gasteiger partial charge in [0.15, 0.2) is 0 Å². The molecule has 114 valence electrons. The molecular weight excluding hydrogens is 296 g/mol. The minimum Gasteiger partial charge on any atom is -0.381 e. The summed E-state index contributed by atoms with van der Waals surface area (Å²) in [5, 5.41) is 13.8. The van der Waals surface area contributed by atoms with Gasteiger partial charge in [0.2, 0.25) is 0 Å². The number of nitro groups is 1. The van der Waals surface area contributed by atoms with Crippen LogP contribution in [0.5, 0.6) is 0 Å². The molecule has 0 saturated heterocycles. The Hall–Kier alpha value is -1.66. The first-order chi connectivity index (χ1) is 10.1. The first kappa shape index (κ1) is 15.7. The van der Waals surface area contributed by atoms with Crippen LogP contribution in [0, 0.1) is 16.0 Å². The predicted octanol–water partition coefficient (Wildman–Crippen LogP) is 2.79. The summed E-state index contributed by atoms with van der Waals surface area (Å²) in [6.45, 7) is 1.77. The van der Waals surface area contributed by atoms with Crippen LogP contribution in [0.4, 0.5) is 5.69 Å². The Kier molecular flexibility index (Phi) is 5.52. The Labute approximate surface area is 127 Å². The number of rotatable bonds is 8. The van der Waals surface area contributed by atoms with E-state index in [-0.39, 0.29) is 11.3 Å². The molecule has 1 saturated carbocycles. The molecule has 0 radical (unpaired) electrons. The molecule has 0 aromatic heterocycles. The van der Waals surface area contributed by atoms with Crippen molar-refractivity contribution in [2.24, 2.45) is 5.92 Å². The van der Waals surface area contributed by atoms with Crippen LogP contribution in [0.2, 0.25) is 5.02 Å². The van der Waals surface area contributed by atoms with Crippen LogP contribution in [0.1, 0.15) is 29.6 Å². The van der Waals surface area contributed by atoms with Crippen LogP contribution in [0.25, 0.3) is 0 Å². The molecule has 21 heavy (non-hydrogen) atoms. The van der Waals surface area contributed by atoms with Gasteiger partial charge in [0, 0.05) is 30.8 Å². The first-order valence-corrected chi connectivity index (χ1v) is 7.25. The lowest BCUT2D eigenvalue weighted by Gasteiger charge is -2.07. The number of carbonyl (C=O) groups excluding carboxylic acids is 1. The molecule has 0 spiro atoms. The third-order valence-electron chi connectivity index (χ3n) is 3.20. The smallest absolute Gasteiger partial charge is 0.282 e. The third kappa shape index (κ3) is 4.99. The number of hydrogen-bond acceptors (Lipinski definition) is 4. The molecule has 0 heterocycles. The molecule has 1 fully saturated rings. The van der Waals surface area contributed by atoms with Gasteiger partial charge in [-0.2, -0.15) is 0 Å². The van der Waals surface area contributed by atoms with Crippen molar-refractivity contribution in [1.29, 1.82) is 0 Å². The van der Waals surface area contributed by atoms with E-state index in [9.17, 15) is 14.9 Å². The summed E-state index contributed by atoms with van der Waals surface area (Å²) in [7, 11) is 0. The van der Waals surface area contributed by atoms with Crippen molar-refractivity contribution in [3.8, 4) is 0 Å². The van der Waals surface area contributed by atoms with E-state index in [2.05, 4.69) is 5.32 Å². The van der Waals surface area contributed by atoms with Crippen LogP contribution in [-0.2, 0) is 4.74 Å². The van der Waals surface area contributed by atoms with Crippen molar-refractivity contribution in [3.05, 3.63) is 38.9 Å². The van der Waals surface area contributed by atoms with Gasteiger partial charge in [-0.25, -0.2) is 0 Å². The maximum atomic E-state index is 12.0. The summed E-state index contributed by atoms with van der Waals surface area (Å²) in [5.74, 6) is 0.222. The van der Waals surface area contributed by atoms with E-state index in [1.54, 1.807) is 0 Å². The van der Waals surface area contributed by atoms with Gasteiger partial charge in [0.25, 0.3) is 11.6 Å². The second-order valence-electron chi connectivity index (χ2n) is 5.05. The van der Waals surface area contributed by atoms with E-state index < -0.39 is 10.8 Å². The normalized spacial score (nSPS) is 14.0. The number of amides is 1. The minimum absolute atomic E-state index is 0.0219. The van der Waals surface area contributed by atoms with Crippen LogP contribution in [-0.4, -0.2) is 30.6 Å². The molecule has 0 bridgehead atoms. The summed E-state index contributed by atoms with van der Waals surface area (Å²) in [4.78, 5) is 22.2. The lowest BCUT2D eigenvalue weighted by molar-refractivity contribution is -0.385. The highest BCUT2D eigenvalue weighted by molar-refractivity contribution is 6.31. The van der Waals surface area contributed by atoms with Crippen molar-refractivity contribution in [2.75, 3.05) is 19.8 Å². The summed E-state index contributed by atoms with van der Waals surface area (Å²) in [6, 6.07) is 3.93. The van der Waals surface area contributed by atoms with Crippen LogP contribution in [0.3, 0.4) is 0 Å². The highest BCUT2D eigenvalue weighted by atomic mass is 35.5. The molecule has 0 unspecified atom stereocenters. The van der Waals surface area contributed by atoms with Gasteiger partial charge < -0.3 is 10.1 Å². The van der Waals surface area contributed by atoms with Crippen molar-refractivity contribution in [2.45, 2.75) is 19.3 Å². The fourth-order valence-corrected chi connectivity index (χ4v) is 2.03. The average molecular weight is 313 g/mol. The quantitative estimate of drug-likeness (QED) is 0.454. The maximum absolute atomic E-state index is 12.0. The fourth-order valence-electron chi connectivity index (χ4n) is 1.86. The summed E-state index contributed by atoms with van der Waals surface area (Å²) >= 11 is 5.78. The molecule has 1 aromatic rings. The Bertz CT molecular complexity index is 532. The van der Waals surface area contributed by atoms with Gasteiger partial charge in [-0.15, -0.1) is 0 Å². The van der Waals surface area contributed by atoms with E-state index in [1.165, 1.54) is 31.0 Å². The summed E-state index contributed by atoms with van der Waals surface area (Å²) in [5.41, 5.74) is -0.270. The number of nitro benzene ring substituents is 1. The second-order valence-corrected chi connectivity index (χ2v) is 5.48. The minimum atomic E-state index is -0.593. The lowest BCUT2D eigenvalue weighted by atomic mass is 10.1. The average Bonchev–Trinajstić information content (AvgIpc) is 3.26. The number of benzene rings is 1. The Morgan fingerprint density at radius 1 is 1.48 bits per heavy atom. The molecule has 1 aliphatic carbocycles. The molecule has 1 amide bonds. The zero-order valence-electron chi connectivity index (χ0n) is 11.5. The first-order valence-electron chi connectivity index (χ1n) is 6.88. The highest BCUT2D eigenvalue weighted by Crippen LogP contribution is 2.28. The maximum Gasteiger partial charge on any atom is 0.282 e. The molecule has 1 N–H and O–H groups in total. The van der Waals surface area contributed by atoms with Crippen molar-refractivity contribution >= 4 is 23.2 Å². The number of ether oxygens (including phenoxy) is 1. The number of carbonyl (C=O) groups is 1. The van der Waals surface area contributed by atoms with Crippen molar-refractivity contribution in [3.63, 3.8) is 0 Å². The van der Waals surface area contributed by atoms with Gasteiger partial charge >= 0.3 is 0 Å². The Morgan fingerprint density at radius 3 is 2.90 bits per heavy atom. The van der Waals surface area contributed by atoms with Gasteiger partial charge in [-0.3, -0.25) is 14.9 Å². The van der Waals surface area contributed by atoms with E-state index in [4.69, 9.17) is 16.3 Å². The summed E-state index contributed by atoms with van der Waals surface area (Å²) in [6.07, 6.45) is 3.16. The van der Waals surface area contributed by atoms with E-state index in [0.29, 0.717) is 30.5 Å². The van der Waals surface area contributed by atoms with Gasteiger partial charge in [-0.05, 0) is 37.3 Å². The molecule has 1 aliphatic rings. The number of hydrogen-bond donors (Lipinski definition) is 1. The number of nitrogens with zero attached hydrogens (tertiary/aromatic N) is 1. The van der Waals surface area contributed by atoms with Crippen molar-refractivity contribution < 1.29 is 14.5 Å². The molecule has 1 aromatic carbocycles. The molecule has 0 aliphatic heterocycles. The standard InChI is InChI=1S/C14H17ClN2O4/c15-11-4-5-13(17(19)20)12(8-11)14(18)16-6-1-7-21-9-10-2-3-10/h4-5,8,10H,1-3,6-7,9H2,(H,16,18). The predicted molar refractivity (Wildman–Crippen MR) is 78.6 cm³/mol.